The van der Waals surface area contributed by atoms with Gasteiger partial charge in [-0.15, -0.1) is 0 Å². The van der Waals surface area contributed by atoms with Gasteiger partial charge in [0.2, 0.25) is 0 Å². The Morgan fingerprint density at radius 3 is 2.86 bits per heavy atom. The second-order valence-corrected chi connectivity index (χ2v) is 8.36. The first-order valence-corrected chi connectivity index (χ1v) is 9.57. The number of aryl methyl sites for hydroxylation is 1. The summed E-state index contributed by atoms with van der Waals surface area (Å²) in [6.45, 7) is 8.52. The molecule has 148 valence electrons. The molecule has 1 saturated heterocycles. The third-order valence-electron chi connectivity index (χ3n) is 4.94. The second kappa shape index (κ2) is 6.61. The summed E-state index contributed by atoms with van der Waals surface area (Å²) in [5.41, 5.74) is 2.95. The molecule has 0 bridgehead atoms. The van der Waals surface area contributed by atoms with Crippen molar-refractivity contribution in [3.63, 3.8) is 0 Å². The number of rotatable bonds is 1. The number of hydrogen-bond donors (Lipinski definition) is 1. The van der Waals surface area contributed by atoms with Gasteiger partial charge in [0, 0.05) is 18.8 Å². The lowest BCUT2D eigenvalue weighted by molar-refractivity contribution is 0.0173. The monoisotopic (exact) mass is 383 g/mol. The molecule has 3 aromatic rings. The van der Waals surface area contributed by atoms with E-state index in [2.05, 4.69) is 15.0 Å². The number of nitrogens with one attached hydrogen (secondary N) is 1. The highest BCUT2D eigenvalue weighted by Crippen LogP contribution is 2.28. The molecule has 1 amide bonds. The van der Waals surface area contributed by atoms with E-state index in [0.29, 0.717) is 24.1 Å². The normalized spacial score (nSPS) is 18.0. The number of ether oxygens (including phenoxy) is 1. The first-order valence-electron chi connectivity index (χ1n) is 9.57. The lowest BCUT2D eigenvalue weighted by atomic mass is 10.1. The molecule has 0 spiro atoms. The fourth-order valence-electron chi connectivity index (χ4n) is 3.77. The Bertz CT molecular complexity index is 1110. The van der Waals surface area contributed by atoms with Crippen molar-refractivity contribution in [3.8, 4) is 0 Å². The van der Waals surface area contributed by atoms with E-state index < -0.39 is 5.60 Å². The van der Waals surface area contributed by atoms with Crippen molar-refractivity contribution in [3.05, 3.63) is 34.5 Å². The van der Waals surface area contributed by atoms with Crippen LogP contribution in [-0.2, 0) is 4.74 Å². The molecule has 4 heterocycles. The second-order valence-electron chi connectivity index (χ2n) is 8.36. The molecule has 1 unspecified atom stereocenters. The van der Waals surface area contributed by atoms with Crippen LogP contribution in [0.1, 0.15) is 45.3 Å². The molecule has 0 radical (unpaired) electrons. The van der Waals surface area contributed by atoms with E-state index in [1.165, 1.54) is 0 Å². The van der Waals surface area contributed by atoms with Crippen molar-refractivity contribution >= 4 is 28.2 Å². The number of fused-ring (bicyclic) bond motifs is 3. The maximum Gasteiger partial charge on any atom is 0.410 e. The van der Waals surface area contributed by atoms with Gasteiger partial charge in [0.25, 0.3) is 0 Å². The van der Waals surface area contributed by atoms with E-state index >= 15 is 0 Å². The third-order valence-corrected chi connectivity index (χ3v) is 4.94. The summed E-state index contributed by atoms with van der Waals surface area (Å²) in [5.74, 6) is 0. The molecule has 8 heteroatoms. The summed E-state index contributed by atoms with van der Waals surface area (Å²) in [7, 11) is 0. The Labute approximate surface area is 162 Å². The van der Waals surface area contributed by atoms with E-state index in [0.717, 1.165) is 29.6 Å². The number of amides is 1. The van der Waals surface area contributed by atoms with E-state index in [1.807, 2.05) is 39.8 Å². The largest absolute Gasteiger partial charge is 0.444 e. The molecule has 28 heavy (non-hydrogen) atoms. The maximum atomic E-state index is 12.8. The average molecular weight is 383 g/mol. The highest BCUT2D eigenvalue weighted by Gasteiger charge is 2.30. The van der Waals surface area contributed by atoms with Crippen molar-refractivity contribution in [1.82, 2.24) is 24.4 Å². The minimum atomic E-state index is -0.551. The Morgan fingerprint density at radius 2 is 2.11 bits per heavy atom. The highest BCUT2D eigenvalue weighted by molar-refractivity contribution is 5.99. The van der Waals surface area contributed by atoms with Crippen LogP contribution in [-0.4, -0.2) is 49.2 Å². The number of likely N-dealkylation sites (tertiary alicyclic amines) is 1. The number of piperidine rings is 1. The highest BCUT2D eigenvalue weighted by atomic mass is 16.6. The van der Waals surface area contributed by atoms with Crippen molar-refractivity contribution < 1.29 is 9.53 Å². The number of pyridine rings is 2. The number of imidazole rings is 1. The van der Waals surface area contributed by atoms with E-state index in [1.54, 1.807) is 15.7 Å². The van der Waals surface area contributed by atoms with Gasteiger partial charge in [-0.05, 0) is 52.7 Å². The molecule has 1 N–H and O–H groups in total. The predicted molar refractivity (Wildman–Crippen MR) is 106 cm³/mol. The van der Waals surface area contributed by atoms with E-state index in [-0.39, 0.29) is 17.8 Å². The zero-order valence-corrected chi connectivity index (χ0v) is 16.7. The number of aromatic amines is 1. The van der Waals surface area contributed by atoms with E-state index in [9.17, 15) is 9.59 Å². The summed E-state index contributed by atoms with van der Waals surface area (Å²) in [6, 6.07) is 3.67. The first-order chi connectivity index (χ1) is 13.2. The molecule has 0 saturated carbocycles. The van der Waals surface area contributed by atoms with Crippen LogP contribution < -0.4 is 5.69 Å². The quantitative estimate of drug-likeness (QED) is 0.697. The molecular weight excluding hydrogens is 358 g/mol. The van der Waals surface area contributed by atoms with Crippen LogP contribution in [0.4, 0.5) is 4.79 Å². The van der Waals surface area contributed by atoms with Crippen LogP contribution >= 0.6 is 0 Å². The molecule has 1 fully saturated rings. The molecule has 0 aromatic carbocycles. The molecule has 0 aliphatic carbocycles. The fraction of sp³-hybridized carbons (Fsp3) is 0.500. The van der Waals surface area contributed by atoms with Gasteiger partial charge in [-0.1, -0.05) is 0 Å². The molecule has 3 aromatic heterocycles. The zero-order valence-electron chi connectivity index (χ0n) is 16.7. The zero-order chi connectivity index (χ0) is 20.1. The molecular formula is C20H25N5O3. The minimum absolute atomic E-state index is 0.143. The van der Waals surface area contributed by atoms with E-state index in [4.69, 9.17) is 4.74 Å². The summed E-state index contributed by atoms with van der Waals surface area (Å²) >= 11 is 0. The van der Waals surface area contributed by atoms with Gasteiger partial charge in [0.05, 0.1) is 28.8 Å². The number of carbonyl (C=O) groups is 1. The van der Waals surface area contributed by atoms with Gasteiger partial charge in [-0.3, -0.25) is 9.55 Å². The van der Waals surface area contributed by atoms with Crippen LogP contribution in [0.25, 0.3) is 22.1 Å². The summed E-state index contributed by atoms with van der Waals surface area (Å²) in [4.78, 5) is 38.9. The van der Waals surface area contributed by atoms with Crippen LogP contribution in [0.15, 0.2) is 23.1 Å². The Kier molecular flexibility index (Phi) is 4.36. The SMILES string of the molecule is Cc1ccc2ncc3[nH]c(=O)n(C4CCCN(C(=O)OC(C)(C)C)C4)c3c2n1. The van der Waals surface area contributed by atoms with Gasteiger partial charge >= 0.3 is 11.8 Å². The topological polar surface area (TPSA) is 93.1 Å². The van der Waals surface area contributed by atoms with Crippen molar-refractivity contribution in [2.45, 2.75) is 52.2 Å². The molecule has 8 nitrogen and oxygen atoms in total. The van der Waals surface area contributed by atoms with Gasteiger partial charge in [-0.2, -0.15) is 0 Å². The summed E-state index contributed by atoms with van der Waals surface area (Å²) in [5, 5.41) is 0. The number of H-pyrrole nitrogens is 1. The molecule has 1 atom stereocenters. The summed E-state index contributed by atoms with van der Waals surface area (Å²) in [6.07, 6.45) is 2.94. The van der Waals surface area contributed by atoms with Crippen molar-refractivity contribution in [2.24, 2.45) is 0 Å². The lowest BCUT2D eigenvalue weighted by Gasteiger charge is -2.34. The first kappa shape index (κ1) is 18.5. The van der Waals surface area contributed by atoms with Crippen molar-refractivity contribution in [1.29, 1.82) is 0 Å². The number of nitrogens with zero attached hydrogens (tertiary/aromatic N) is 4. The molecule has 1 aliphatic heterocycles. The van der Waals surface area contributed by atoms with Gasteiger partial charge in [0.1, 0.15) is 11.1 Å². The summed E-state index contributed by atoms with van der Waals surface area (Å²) < 4.78 is 7.25. The third kappa shape index (κ3) is 3.34. The fourth-order valence-corrected chi connectivity index (χ4v) is 3.77. The predicted octanol–water partition coefficient (Wildman–Crippen LogP) is 3.15. The number of carbonyl (C=O) groups excluding carboxylic acids is 1. The molecule has 1 aliphatic rings. The van der Waals surface area contributed by atoms with Gasteiger partial charge in [0.15, 0.2) is 0 Å². The standard InChI is InChI=1S/C20H25N5O3/c1-12-7-8-14-16(22-12)17-15(10-21-14)23-18(26)25(17)13-6-5-9-24(11-13)19(27)28-20(2,3)4/h7-8,10,13H,5-6,9,11H2,1-4H3,(H,23,26). The van der Waals surface area contributed by atoms with Crippen LogP contribution in [0.3, 0.4) is 0 Å². The average Bonchev–Trinajstić information content (AvgIpc) is 2.96. The Balaban J connectivity index is 1.76. The Morgan fingerprint density at radius 1 is 1.32 bits per heavy atom. The minimum Gasteiger partial charge on any atom is -0.444 e. The van der Waals surface area contributed by atoms with Gasteiger partial charge < -0.3 is 14.6 Å². The van der Waals surface area contributed by atoms with Crippen LogP contribution in [0.5, 0.6) is 0 Å². The smallest absolute Gasteiger partial charge is 0.410 e. The van der Waals surface area contributed by atoms with Crippen LogP contribution in [0, 0.1) is 6.92 Å². The lowest BCUT2D eigenvalue weighted by Crippen LogP contribution is -2.44. The van der Waals surface area contributed by atoms with Crippen molar-refractivity contribution in [2.75, 3.05) is 13.1 Å². The van der Waals surface area contributed by atoms with Gasteiger partial charge in [-0.25, -0.2) is 14.6 Å². The molecule has 4 rings (SSSR count). The maximum absolute atomic E-state index is 12.8. The Hall–Kier alpha value is -2.90. The number of hydrogen-bond acceptors (Lipinski definition) is 5. The number of aromatic nitrogens is 4. The van der Waals surface area contributed by atoms with Crippen LogP contribution in [0.2, 0.25) is 0 Å².